The number of halogens is 1. The maximum Gasteiger partial charge on any atom is 0.262 e. The molecule has 2 fully saturated rings. The van der Waals surface area contributed by atoms with Crippen molar-refractivity contribution >= 4 is 34.8 Å². The summed E-state index contributed by atoms with van der Waals surface area (Å²) in [6, 6.07) is 3.30. The monoisotopic (exact) mass is 349 g/mol. The summed E-state index contributed by atoms with van der Waals surface area (Å²) < 4.78 is 5.41. The van der Waals surface area contributed by atoms with Gasteiger partial charge in [-0.2, -0.15) is 0 Å². The molecule has 0 aromatic heterocycles. The van der Waals surface area contributed by atoms with Crippen molar-refractivity contribution in [2.24, 2.45) is 11.3 Å². The Morgan fingerprint density at radius 1 is 1.38 bits per heavy atom. The van der Waals surface area contributed by atoms with Crippen LogP contribution in [-0.2, 0) is 9.59 Å². The molecule has 3 aliphatic rings. The largest absolute Gasteiger partial charge is 0.482 e. The standard InChI is InChI=1S/C17H20ClN3O3/c18-11-5-13-14(24-8-15(22)20-13)6-12(11)21-16(23)17-4-2-1-3-10(17)7-19-9-17/h5-6,10,19H,1-4,7-9H2,(H,20,22)(H,21,23)/t10-,17+/m0/s1. The topological polar surface area (TPSA) is 79.5 Å². The second-order valence-corrected chi connectivity index (χ2v) is 7.26. The Kier molecular flexibility index (Phi) is 3.89. The number of rotatable bonds is 2. The number of hydrogen-bond donors (Lipinski definition) is 3. The van der Waals surface area contributed by atoms with E-state index in [2.05, 4.69) is 16.0 Å². The number of hydrogen-bond acceptors (Lipinski definition) is 4. The van der Waals surface area contributed by atoms with Crippen LogP contribution in [0.3, 0.4) is 0 Å². The molecule has 24 heavy (non-hydrogen) atoms. The van der Waals surface area contributed by atoms with Gasteiger partial charge in [-0.15, -0.1) is 0 Å². The molecule has 2 heterocycles. The van der Waals surface area contributed by atoms with Gasteiger partial charge < -0.3 is 20.7 Å². The number of carbonyl (C=O) groups excluding carboxylic acids is 2. The quantitative estimate of drug-likeness (QED) is 0.766. The Balaban J connectivity index is 1.59. The van der Waals surface area contributed by atoms with Gasteiger partial charge in [-0.25, -0.2) is 0 Å². The fourth-order valence-electron chi connectivity index (χ4n) is 4.13. The number of anilines is 2. The molecule has 0 radical (unpaired) electrons. The van der Waals surface area contributed by atoms with E-state index in [9.17, 15) is 9.59 Å². The molecule has 7 heteroatoms. The van der Waals surface area contributed by atoms with Gasteiger partial charge in [-0.05, 0) is 31.4 Å². The smallest absolute Gasteiger partial charge is 0.262 e. The minimum Gasteiger partial charge on any atom is -0.482 e. The third kappa shape index (κ3) is 2.54. The van der Waals surface area contributed by atoms with Crippen LogP contribution in [0.15, 0.2) is 12.1 Å². The van der Waals surface area contributed by atoms with Gasteiger partial charge in [0.05, 0.1) is 21.8 Å². The lowest BCUT2D eigenvalue weighted by Gasteiger charge is -2.37. The second kappa shape index (κ2) is 5.93. The number of carbonyl (C=O) groups is 2. The van der Waals surface area contributed by atoms with Gasteiger partial charge in [0.15, 0.2) is 6.61 Å². The third-order valence-corrected chi connectivity index (χ3v) is 5.75. The molecule has 2 amide bonds. The van der Waals surface area contributed by atoms with E-state index in [4.69, 9.17) is 16.3 Å². The van der Waals surface area contributed by atoms with Gasteiger partial charge in [-0.3, -0.25) is 9.59 Å². The van der Waals surface area contributed by atoms with E-state index in [0.29, 0.717) is 28.1 Å². The van der Waals surface area contributed by atoms with Crippen molar-refractivity contribution in [3.05, 3.63) is 17.2 Å². The Morgan fingerprint density at radius 3 is 3.12 bits per heavy atom. The van der Waals surface area contributed by atoms with Crippen molar-refractivity contribution < 1.29 is 14.3 Å². The zero-order chi connectivity index (χ0) is 16.7. The molecular weight excluding hydrogens is 330 g/mol. The first-order chi connectivity index (χ1) is 11.6. The minimum absolute atomic E-state index is 0.0268. The molecule has 1 aromatic carbocycles. The molecular formula is C17H20ClN3O3. The molecule has 4 rings (SSSR count). The van der Waals surface area contributed by atoms with Crippen LogP contribution in [0.5, 0.6) is 5.75 Å². The summed E-state index contributed by atoms with van der Waals surface area (Å²) in [4.78, 5) is 24.4. The highest BCUT2D eigenvalue weighted by atomic mass is 35.5. The molecule has 1 saturated heterocycles. The first-order valence-corrected chi connectivity index (χ1v) is 8.75. The van der Waals surface area contributed by atoms with Crippen LogP contribution in [0.25, 0.3) is 0 Å². The normalized spacial score (nSPS) is 28.4. The van der Waals surface area contributed by atoms with Crippen molar-refractivity contribution in [1.29, 1.82) is 0 Å². The van der Waals surface area contributed by atoms with Crippen LogP contribution in [0.4, 0.5) is 11.4 Å². The SMILES string of the molecule is O=C1COc2cc(NC(=O)[C@@]34CCCC[C@H]3CNC4)c(Cl)cc2N1. The van der Waals surface area contributed by atoms with Crippen molar-refractivity contribution in [2.45, 2.75) is 25.7 Å². The zero-order valence-corrected chi connectivity index (χ0v) is 14.0. The van der Waals surface area contributed by atoms with Crippen LogP contribution >= 0.6 is 11.6 Å². The predicted molar refractivity (Wildman–Crippen MR) is 91.5 cm³/mol. The molecule has 1 aromatic rings. The number of fused-ring (bicyclic) bond motifs is 2. The Morgan fingerprint density at radius 2 is 2.25 bits per heavy atom. The maximum absolute atomic E-state index is 13.0. The lowest BCUT2D eigenvalue weighted by atomic mass is 9.67. The summed E-state index contributed by atoms with van der Waals surface area (Å²) in [6.07, 6.45) is 4.27. The predicted octanol–water partition coefficient (Wildman–Crippen LogP) is 2.39. The number of amides is 2. The van der Waals surface area contributed by atoms with E-state index in [0.717, 1.165) is 32.4 Å². The van der Waals surface area contributed by atoms with Gasteiger partial charge in [0, 0.05) is 12.6 Å². The van der Waals surface area contributed by atoms with Gasteiger partial charge in [0.1, 0.15) is 5.75 Å². The van der Waals surface area contributed by atoms with Gasteiger partial charge in [0.2, 0.25) is 5.91 Å². The molecule has 6 nitrogen and oxygen atoms in total. The number of benzene rings is 1. The summed E-state index contributed by atoms with van der Waals surface area (Å²) in [5.41, 5.74) is 0.722. The van der Waals surface area contributed by atoms with E-state index in [1.807, 2.05) is 0 Å². The first-order valence-electron chi connectivity index (χ1n) is 8.37. The summed E-state index contributed by atoms with van der Waals surface area (Å²) in [5.74, 6) is 0.727. The summed E-state index contributed by atoms with van der Waals surface area (Å²) in [5, 5.41) is 9.48. The summed E-state index contributed by atoms with van der Waals surface area (Å²) in [7, 11) is 0. The van der Waals surface area contributed by atoms with Crippen molar-refractivity contribution in [3.63, 3.8) is 0 Å². The van der Waals surface area contributed by atoms with E-state index in [1.54, 1.807) is 12.1 Å². The van der Waals surface area contributed by atoms with Crippen LogP contribution in [0, 0.1) is 11.3 Å². The van der Waals surface area contributed by atoms with Crippen LogP contribution < -0.4 is 20.7 Å². The molecule has 2 atom stereocenters. The number of ether oxygens (including phenoxy) is 1. The molecule has 1 aliphatic carbocycles. The van der Waals surface area contributed by atoms with E-state index in [-0.39, 0.29) is 23.8 Å². The van der Waals surface area contributed by atoms with Crippen molar-refractivity contribution in [1.82, 2.24) is 5.32 Å². The highest BCUT2D eigenvalue weighted by Gasteiger charge is 2.49. The Labute approximate surface area is 145 Å². The highest BCUT2D eigenvalue weighted by molar-refractivity contribution is 6.34. The van der Waals surface area contributed by atoms with E-state index in [1.165, 1.54) is 6.42 Å². The zero-order valence-electron chi connectivity index (χ0n) is 13.3. The highest BCUT2D eigenvalue weighted by Crippen LogP contribution is 2.45. The summed E-state index contributed by atoms with van der Waals surface area (Å²) >= 11 is 6.30. The number of nitrogens with one attached hydrogen (secondary N) is 3. The van der Waals surface area contributed by atoms with Crippen molar-refractivity contribution in [3.8, 4) is 5.75 Å². The average Bonchev–Trinajstić information content (AvgIpc) is 3.01. The Bertz CT molecular complexity index is 709. The molecule has 3 N–H and O–H groups in total. The first kappa shape index (κ1) is 15.7. The van der Waals surface area contributed by atoms with Crippen LogP contribution in [0.1, 0.15) is 25.7 Å². The van der Waals surface area contributed by atoms with Gasteiger partial charge >= 0.3 is 0 Å². The summed E-state index contributed by atoms with van der Waals surface area (Å²) in [6.45, 7) is 1.59. The Hall–Kier alpha value is -1.79. The van der Waals surface area contributed by atoms with E-state index < -0.39 is 0 Å². The van der Waals surface area contributed by atoms with Crippen LogP contribution in [0.2, 0.25) is 5.02 Å². The molecule has 128 valence electrons. The lowest BCUT2D eigenvalue weighted by Crippen LogP contribution is -2.44. The molecule has 1 saturated carbocycles. The van der Waals surface area contributed by atoms with Crippen molar-refractivity contribution in [2.75, 3.05) is 30.3 Å². The maximum atomic E-state index is 13.0. The molecule has 0 bridgehead atoms. The molecule has 0 spiro atoms. The van der Waals surface area contributed by atoms with Gasteiger partial charge in [-0.1, -0.05) is 24.4 Å². The second-order valence-electron chi connectivity index (χ2n) is 6.85. The third-order valence-electron chi connectivity index (χ3n) is 5.44. The van der Waals surface area contributed by atoms with Gasteiger partial charge in [0.25, 0.3) is 5.91 Å². The van der Waals surface area contributed by atoms with Crippen LogP contribution in [-0.4, -0.2) is 31.5 Å². The fraction of sp³-hybridized carbons (Fsp3) is 0.529. The van der Waals surface area contributed by atoms with E-state index >= 15 is 0 Å². The molecule has 2 aliphatic heterocycles. The fourth-order valence-corrected chi connectivity index (χ4v) is 4.34. The minimum atomic E-state index is -0.341. The lowest BCUT2D eigenvalue weighted by molar-refractivity contribution is -0.128. The molecule has 0 unspecified atom stereocenters. The average molecular weight is 350 g/mol.